The third-order valence-corrected chi connectivity index (χ3v) is 6.05. The summed E-state index contributed by atoms with van der Waals surface area (Å²) >= 11 is 0. The second-order valence-corrected chi connectivity index (χ2v) is 8.07. The van der Waals surface area contributed by atoms with E-state index in [0.717, 1.165) is 19.3 Å². The number of ether oxygens (including phenoxy) is 3. The van der Waals surface area contributed by atoms with Crippen molar-refractivity contribution < 1.29 is 28.2 Å². The molecule has 3 saturated heterocycles. The number of nitrogens with zero attached hydrogens (tertiary/aromatic N) is 2. The highest BCUT2D eigenvalue weighted by Gasteiger charge is 2.37. The van der Waals surface area contributed by atoms with Gasteiger partial charge in [0.1, 0.15) is 11.9 Å². The summed E-state index contributed by atoms with van der Waals surface area (Å²) in [6.07, 6.45) is 1.55. The molecule has 3 fully saturated rings. The van der Waals surface area contributed by atoms with Crippen molar-refractivity contribution in [1.29, 1.82) is 0 Å². The van der Waals surface area contributed by atoms with Gasteiger partial charge >= 0.3 is 6.09 Å². The average Bonchev–Trinajstić information content (AvgIpc) is 2.95. The highest BCUT2D eigenvalue weighted by Crippen LogP contribution is 2.35. The van der Waals surface area contributed by atoms with Gasteiger partial charge in [0.2, 0.25) is 5.91 Å². The third-order valence-electron chi connectivity index (χ3n) is 6.05. The van der Waals surface area contributed by atoms with E-state index >= 15 is 0 Å². The molecule has 1 N–H and O–H groups in total. The topological polar surface area (TPSA) is 80.3 Å². The van der Waals surface area contributed by atoms with Crippen LogP contribution in [0.5, 0.6) is 0 Å². The SMILES string of the molecule is CC(=O)NCC1CN(c2ccc(N3CCC4(CCOCCO4)CC3)c(F)c2)C(=O)O1. The van der Waals surface area contributed by atoms with Crippen molar-refractivity contribution in [3.05, 3.63) is 24.0 Å². The van der Waals surface area contributed by atoms with Crippen molar-refractivity contribution in [2.24, 2.45) is 0 Å². The molecule has 3 heterocycles. The summed E-state index contributed by atoms with van der Waals surface area (Å²) in [5.74, 6) is -0.559. The Labute approximate surface area is 175 Å². The highest BCUT2D eigenvalue weighted by molar-refractivity contribution is 5.90. The number of hydrogen-bond acceptors (Lipinski definition) is 6. The lowest BCUT2D eigenvalue weighted by Crippen LogP contribution is -2.46. The summed E-state index contributed by atoms with van der Waals surface area (Å²) in [6, 6.07) is 4.83. The Bertz CT molecular complexity index is 787. The Kier molecular flexibility index (Phi) is 6.10. The normalized spacial score (nSPS) is 23.9. The number of amides is 2. The predicted octanol–water partition coefficient (Wildman–Crippen LogP) is 2.06. The average molecular weight is 421 g/mol. The minimum atomic E-state index is -0.537. The smallest absolute Gasteiger partial charge is 0.414 e. The number of halogens is 1. The molecule has 9 heteroatoms. The Balaban J connectivity index is 1.39. The Morgan fingerprint density at radius 1 is 1.23 bits per heavy atom. The van der Waals surface area contributed by atoms with Crippen molar-refractivity contribution in [3.63, 3.8) is 0 Å². The zero-order valence-electron chi connectivity index (χ0n) is 17.2. The third kappa shape index (κ3) is 4.52. The fourth-order valence-corrected chi connectivity index (χ4v) is 4.32. The van der Waals surface area contributed by atoms with Gasteiger partial charge in [0.25, 0.3) is 0 Å². The molecule has 164 valence electrons. The number of carbonyl (C=O) groups is 2. The van der Waals surface area contributed by atoms with Gasteiger partial charge in [-0.15, -0.1) is 0 Å². The zero-order valence-corrected chi connectivity index (χ0v) is 17.2. The van der Waals surface area contributed by atoms with Crippen molar-refractivity contribution in [2.45, 2.75) is 37.9 Å². The maximum atomic E-state index is 14.9. The minimum absolute atomic E-state index is 0.161. The van der Waals surface area contributed by atoms with E-state index in [2.05, 4.69) is 5.32 Å². The molecule has 0 aliphatic carbocycles. The molecule has 1 spiro atoms. The van der Waals surface area contributed by atoms with Gasteiger partial charge in [-0.2, -0.15) is 0 Å². The molecule has 4 rings (SSSR count). The van der Waals surface area contributed by atoms with E-state index in [1.165, 1.54) is 17.9 Å². The summed E-state index contributed by atoms with van der Waals surface area (Å²) < 4.78 is 31.7. The number of nitrogens with one attached hydrogen (secondary N) is 1. The zero-order chi connectivity index (χ0) is 21.1. The van der Waals surface area contributed by atoms with E-state index in [0.29, 0.717) is 44.3 Å². The summed E-state index contributed by atoms with van der Waals surface area (Å²) in [5, 5.41) is 2.63. The van der Waals surface area contributed by atoms with E-state index in [1.807, 2.05) is 4.90 Å². The molecule has 1 aromatic carbocycles. The van der Waals surface area contributed by atoms with E-state index in [9.17, 15) is 14.0 Å². The molecule has 0 saturated carbocycles. The van der Waals surface area contributed by atoms with Gasteiger partial charge in [0.05, 0.1) is 43.3 Å². The number of anilines is 2. The standard InChI is InChI=1S/C21H28FN3O5/c1-15(26)23-13-17-14-25(20(27)30-17)16-2-3-19(18(22)12-16)24-7-4-21(5-8-24)6-9-28-10-11-29-21/h2-3,12,17H,4-11,13-14H2,1H3,(H,23,26). The maximum Gasteiger partial charge on any atom is 0.414 e. The molecule has 1 aromatic rings. The van der Waals surface area contributed by atoms with Crippen LogP contribution in [0.25, 0.3) is 0 Å². The number of benzene rings is 1. The lowest BCUT2D eigenvalue weighted by atomic mass is 9.88. The van der Waals surface area contributed by atoms with Gasteiger partial charge in [-0.1, -0.05) is 0 Å². The molecule has 3 aliphatic heterocycles. The molecule has 1 unspecified atom stereocenters. The van der Waals surface area contributed by atoms with Crippen LogP contribution < -0.4 is 15.1 Å². The van der Waals surface area contributed by atoms with Crippen molar-refractivity contribution in [1.82, 2.24) is 5.32 Å². The first kappa shape index (κ1) is 20.9. The quantitative estimate of drug-likeness (QED) is 0.802. The molecule has 0 bridgehead atoms. The van der Waals surface area contributed by atoms with Crippen LogP contribution in [0.2, 0.25) is 0 Å². The van der Waals surface area contributed by atoms with Crippen LogP contribution in [0, 0.1) is 5.82 Å². The van der Waals surface area contributed by atoms with Crippen LogP contribution in [0.15, 0.2) is 18.2 Å². The lowest BCUT2D eigenvalue weighted by molar-refractivity contribution is -0.119. The summed E-state index contributed by atoms with van der Waals surface area (Å²) in [7, 11) is 0. The van der Waals surface area contributed by atoms with Gasteiger partial charge in [0.15, 0.2) is 0 Å². The van der Waals surface area contributed by atoms with Crippen molar-refractivity contribution >= 4 is 23.4 Å². The van der Waals surface area contributed by atoms with Crippen LogP contribution in [-0.2, 0) is 19.0 Å². The predicted molar refractivity (Wildman–Crippen MR) is 108 cm³/mol. The number of carbonyl (C=O) groups excluding carboxylic acids is 2. The van der Waals surface area contributed by atoms with Crippen LogP contribution >= 0.6 is 0 Å². The second kappa shape index (κ2) is 8.77. The molecule has 30 heavy (non-hydrogen) atoms. The largest absolute Gasteiger partial charge is 0.442 e. The first-order chi connectivity index (χ1) is 14.5. The molecular weight excluding hydrogens is 393 g/mol. The van der Waals surface area contributed by atoms with Crippen LogP contribution in [0.3, 0.4) is 0 Å². The Morgan fingerprint density at radius 3 is 2.77 bits per heavy atom. The molecule has 0 aromatic heterocycles. The molecule has 1 atom stereocenters. The van der Waals surface area contributed by atoms with Gasteiger partial charge in [-0.3, -0.25) is 9.69 Å². The molecule has 0 radical (unpaired) electrons. The number of cyclic esters (lactones) is 1. The van der Waals surface area contributed by atoms with Crippen molar-refractivity contribution in [2.75, 3.05) is 55.8 Å². The first-order valence-corrected chi connectivity index (χ1v) is 10.4. The molecule has 3 aliphatic rings. The number of hydrogen-bond donors (Lipinski definition) is 1. The van der Waals surface area contributed by atoms with E-state index in [4.69, 9.17) is 14.2 Å². The second-order valence-electron chi connectivity index (χ2n) is 8.07. The Hall–Kier alpha value is -2.39. The number of rotatable bonds is 4. The Morgan fingerprint density at radius 2 is 2.03 bits per heavy atom. The lowest BCUT2D eigenvalue weighted by Gasteiger charge is -2.41. The van der Waals surface area contributed by atoms with Crippen molar-refractivity contribution in [3.8, 4) is 0 Å². The first-order valence-electron chi connectivity index (χ1n) is 10.4. The molecule has 2 amide bonds. The summed E-state index contributed by atoms with van der Waals surface area (Å²) in [6.45, 7) is 5.27. The van der Waals surface area contributed by atoms with E-state index in [1.54, 1.807) is 12.1 Å². The molecule has 8 nitrogen and oxygen atoms in total. The van der Waals surface area contributed by atoms with Gasteiger partial charge in [0, 0.05) is 26.6 Å². The highest BCUT2D eigenvalue weighted by atomic mass is 19.1. The van der Waals surface area contributed by atoms with E-state index < -0.39 is 12.2 Å². The number of piperidine rings is 1. The fourth-order valence-electron chi connectivity index (χ4n) is 4.32. The molecular formula is C21H28FN3O5. The summed E-state index contributed by atoms with van der Waals surface area (Å²) in [5.41, 5.74) is 0.816. The minimum Gasteiger partial charge on any atom is -0.442 e. The van der Waals surface area contributed by atoms with Crippen LogP contribution in [0.4, 0.5) is 20.6 Å². The van der Waals surface area contributed by atoms with Crippen LogP contribution in [0.1, 0.15) is 26.2 Å². The van der Waals surface area contributed by atoms with Gasteiger partial charge < -0.3 is 24.4 Å². The van der Waals surface area contributed by atoms with Gasteiger partial charge in [-0.05, 0) is 37.5 Å². The van der Waals surface area contributed by atoms with Crippen LogP contribution in [-0.4, -0.2) is 69.7 Å². The fraction of sp³-hybridized carbons (Fsp3) is 0.619. The summed E-state index contributed by atoms with van der Waals surface area (Å²) in [4.78, 5) is 26.6. The van der Waals surface area contributed by atoms with Gasteiger partial charge in [-0.25, -0.2) is 9.18 Å². The van der Waals surface area contributed by atoms with E-state index in [-0.39, 0.29) is 30.4 Å². The monoisotopic (exact) mass is 421 g/mol. The maximum absolute atomic E-state index is 14.9.